The van der Waals surface area contributed by atoms with Gasteiger partial charge in [-0.1, -0.05) is 12.1 Å². The first kappa shape index (κ1) is 20.5. The van der Waals surface area contributed by atoms with E-state index in [0.717, 1.165) is 30.2 Å². The van der Waals surface area contributed by atoms with E-state index in [1.54, 1.807) is 38.3 Å². The first-order valence-corrected chi connectivity index (χ1v) is 9.79. The van der Waals surface area contributed by atoms with Gasteiger partial charge in [0.25, 0.3) is 0 Å². The number of anilines is 2. The van der Waals surface area contributed by atoms with Crippen molar-refractivity contribution in [2.24, 2.45) is 0 Å². The third-order valence-electron chi connectivity index (χ3n) is 4.90. The number of nitrogens with one attached hydrogen (secondary N) is 1. The van der Waals surface area contributed by atoms with Gasteiger partial charge in [0.2, 0.25) is 5.91 Å². The van der Waals surface area contributed by atoms with Crippen LogP contribution in [0.5, 0.6) is 5.75 Å². The van der Waals surface area contributed by atoms with Crippen LogP contribution in [0.15, 0.2) is 48.5 Å². The van der Waals surface area contributed by atoms with Crippen molar-refractivity contribution < 1.29 is 19.1 Å². The number of piperazine rings is 1. The number of hydrogen-bond donors (Lipinski definition) is 1. The molecule has 29 heavy (non-hydrogen) atoms. The third kappa shape index (κ3) is 5.19. The van der Waals surface area contributed by atoms with E-state index < -0.39 is 0 Å². The standard InChI is InChI=1S/C22H27N3O4/c1-3-29-22(27)17-8-10-18(11-9-17)23-16-21(26)25-14-12-24(13-15-25)19-6-4-5-7-20(19)28-2/h4-11,23H,3,12-16H2,1-2H3. The normalized spacial score (nSPS) is 13.7. The van der Waals surface area contributed by atoms with Crippen LogP contribution in [0.25, 0.3) is 0 Å². The summed E-state index contributed by atoms with van der Waals surface area (Å²) in [4.78, 5) is 28.3. The van der Waals surface area contributed by atoms with E-state index >= 15 is 0 Å². The number of hydrogen-bond acceptors (Lipinski definition) is 6. The van der Waals surface area contributed by atoms with E-state index in [0.29, 0.717) is 25.3 Å². The summed E-state index contributed by atoms with van der Waals surface area (Å²) in [5.74, 6) is 0.558. The predicted octanol–water partition coefficient (Wildman–Crippen LogP) is 2.63. The van der Waals surface area contributed by atoms with Gasteiger partial charge in [-0.25, -0.2) is 4.79 Å². The van der Waals surface area contributed by atoms with Crippen LogP contribution in [0.2, 0.25) is 0 Å². The van der Waals surface area contributed by atoms with Crippen molar-refractivity contribution in [1.82, 2.24) is 4.90 Å². The molecule has 1 N–H and O–H groups in total. The van der Waals surface area contributed by atoms with Crippen molar-refractivity contribution in [3.8, 4) is 5.75 Å². The molecule has 0 saturated carbocycles. The molecule has 1 amide bonds. The summed E-state index contributed by atoms with van der Waals surface area (Å²) in [5.41, 5.74) is 2.34. The molecule has 0 aliphatic carbocycles. The lowest BCUT2D eigenvalue weighted by Crippen LogP contribution is -2.50. The topological polar surface area (TPSA) is 71.1 Å². The molecule has 1 aliphatic rings. The van der Waals surface area contributed by atoms with Gasteiger partial charge in [-0.05, 0) is 43.3 Å². The van der Waals surface area contributed by atoms with Crippen LogP contribution in [0.1, 0.15) is 17.3 Å². The zero-order valence-corrected chi connectivity index (χ0v) is 16.9. The van der Waals surface area contributed by atoms with Crippen LogP contribution >= 0.6 is 0 Å². The van der Waals surface area contributed by atoms with Crippen LogP contribution in [0, 0.1) is 0 Å². The van der Waals surface area contributed by atoms with Gasteiger partial charge in [0, 0.05) is 31.9 Å². The molecule has 0 atom stereocenters. The van der Waals surface area contributed by atoms with Crippen molar-refractivity contribution >= 4 is 23.3 Å². The van der Waals surface area contributed by atoms with E-state index in [4.69, 9.17) is 9.47 Å². The Morgan fingerprint density at radius 2 is 1.69 bits per heavy atom. The molecular weight excluding hydrogens is 370 g/mol. The maximum atomic E-state index is 12.5. The largest absolute Gasteiger partial charge is 0.495 e. The number of nitrogens with zero attached hydrogens (tertiary/aromatic N) is 2. The Morgan fingerprint density at radius 1 is 1.00 bits per heavy atom. The van der Waals surface area contributed by atoms with Gasteiger partial charge in [-0.3, -0.25) is 4.79 Å². The summed E-state index contributed by atoms with van der Waals surface area (Å²) in [6.45, 7) is 5.20. The fraction of sp³-hybridized carbons (Fsp3) is 0.364. The van der Waals surface area contributed by atoms with Crippen LogP contribution in [0.3, 0.4) is 0 Å². The highest BCUT2D eigenvalue weighted by Crippen LogP contribution is 2.28. The molecule has 3 rings (SSSR count). The van der Waals surface area contributed by atoms with Crippen molar-refractivity contribution in [1.29, 1.82) is 0 Å². The summed E-state index contributed by atoms with van der Waals surface area (Å²) in [6.07, 6.45) is 0. The molecule has 1 saturated heterocycles. The molecule has 1 aliphatic heterocycles. The monoisotopic (exact) mass is 397 g/mol. The molecule has 1 heterocycles. The summed E-state index contributed by atoms with van der Waals surface area (Å²) < 4.78 is 10.4. The Bertz CT molecular complexity index is 830. The number of amides is 1. The number of benzene rings is 2. The van der Waals surface area contributed by atoms with E-state index in [2.05, 4.69) is 10.2 Å². The number of rotatable bonds is 7. The van der Waals surface area contributed by atoms with Crippen LogP contribution < -0.4 is 15.0 Å². The minimum Gasteiger partial charge on any atom is -0.495 e. The maximum Gasteiger partial charge on any atom is 0.338 e. The number of methoxy groups -OCH3 is 1. The van der Waals surface area contributed by atoms with Gasteiger partial charge < -0.3 is 24.6 Å². The smallest absolute Gasteiger partial charge is 0.338 e. The lowest BCUT2D eigenvalue weighted by atomic mass is 10.2. The van der Waals surface area contributed by atoms with Gasteiger partial charge in [0.15, 0.2) is 0 Å². The Morgan fingerprint density at radius 3 is 2.34 bits per heavy atom. The molecule has 1 fully saturated rings. The van der Waals surface area contributed by atoms with Gasteiger partial charge in [0.1, 0.15) is 5.75 Å². The highest BCUT2D eigenvalue weighted by molar-refractivity contribution is 5.90. The fourth-order valence-corrected chi connectivity index (χ4v) is 3.32. The highest BCUT2D eigenvalue weighted by atomic mass is 16.5. The molecule has 154 valence electrons. The summed E-state index contributed by atoms with van der Waals surface area (Å²) in [6, 6.07) is 14.9. The Balaban J connectivity index is 1.48. The van der Waals surface area contributed by atoms with Crippen molar-refractivity contribution in [2.45, 2.75) is 6.92 Å². The number of ether oxygens (including phenoxy) is 2. The quantitative estimate of drug-likeness (QED) is 0.725. The Labute approximate surface area is 171 Å². The minimum absolute atomic E-state index is 0.0548. The average molecular weight is 397 g/mol. The highest BCUT2D eigenvalue weighted by Gasteiger charge is 2.22. The summed E-state index contributed by atoms with van der Waals surface area (Å²) >= 11 is 0. The van der Waals surface area contributed by atoms with Gasteiger partial charge in [-0.2, -0.15) is 0 Å². The number of esters is 1. The van der Waals surface area contributed by atoms with Gasteiger partial charge >= 0.3 is 5.97 Å². The van der Waals surface area contributed by atoms with Gasteiger partial charge in [0.05, 0.1) is 31.5 Å². The second-order valence-corrected chi connectivity index (χ2v) is 6.69. The minimum atomic E-state index is -0.344. The predicted molar refractivity (Wildman–Crippen MR) is 113 cm³/mol. The Hall–Kier alpha value is -3.22. The first-order valence-electron chi connectivity index (χ1n) is 9.79. The van der Waals surface area contributed by atoms with Crippen molar-refractivity contribution in [3.05, 3.63) is 54.1 Å². The third-order valence-corrected chi connectivity index (χ3v) is 4.90. The first-order chi connectivity index (χ1) is 14.1. The molecule has 0 radical (unpaired) electrons. The molecule has 0 unspecified atom stereocenters. The molecule has 2 aromatic carbocycles. The molecule has 7 nitrogen and oxygen atoms in total. The number of carbonyl (C=O) groups is 2. The molecule has 0 bridgehead atoms. The molecule has 0 spiro atoms. The lowest BCUT2D eigenvalue weighted by molar-refractivity contribution is -0.129. The SMILES string of the molecule is CCOC(=O)c1ccc(NCC(=O)N2CCN(c3ccccc3OC)CC2)cc1. The van der Waals surface area contributed by atoms with Crippen LogP contribution in [0.4, 0.5) is 11.4 Å². The van der Waals surface area contributed by atoms with E-state index in [-0.39, 0.29) is 18.4 Å². The number of para-hydroxylation sites is 2. The summed E-state index contributed by atoms with van der Waals surface area (Å²) in [7, 11) is 1.67. The molecule has 0 aromatic heterocycles. The van der Waals surface area contributed by atoms with Gasteiger partial charge in [-0.15, -0.1) is 0 Å². The molecule has 7 heteroatoms. The molecule has 2 aromatic rings. The zero-order chi connectivity index (χ0) is 20.6. The fourth-order valence-electron chi connectivity index (χ4n) is 3.32. The van der Waals surface area contributed by atoms with Crippen molar-refractivity contribution in [2.75, 3.05) is 56.7 Å². The summed E-state index contributed by atoms with van der Waals surface area (Å²) in [5, 5.41) is 3.12. The maximum absolute atomic E-state index is 12.5. The van der Waals surface area contributed by atoms with Crippen molar-refractivity contribution in [3.63, 3.8) is 0 Å². The second kappa shape index (κ2) is 9.82. The number of carbonyl (C=O) groups excluding carboxylic acids is 2. The van der Waals surface area contributed by atoms with E-state index in [1.807, 2.05) is 29.2 Å². The average Bonchev–Trinajstić information content (AvgIpc) is 2.78. The zero-order valence-electron chi connectivity index (χ0n) is 16.9. The van der Waals surface area contributed by atoms with E-state index in [1.165, 1.54) is 0 Å². The van der Waals surface area contributed by atoms with E-state index in [9.17, 15) is 9.59 Å². The van der Waals surface area contributed by atoms with Crippen LogP contribution in [-0.2, 0) is 9.53 Å². The second-order valence-electron chi connectivity index (χ2n) is 6.69. The molecular formula is C22H27N3O4. The lowest BCUT2D eigenvalue weighted by Gasteiger charge is -2.36. The Kier molecular flexibility index (Phi) is 6.94. The van der Waals surface area contributed by atoms with Crippen LogP contribution in [-0.4, -0.2) is 63.2 Å².